The molecule has 0 saturated carbocycles. The van der Waals surface area contributed by atoms with E-state index in [1.54, 1.807) is 61.5 Å². The van der Waals surface area contributed by atoms with Crippen LogP contribution >= 0.6 is 34.8 Å². The van der Waals surface area contributed by atoms with Gasteiger partial charge >= 0.3 is 0 Å². The number of anilines is 1. The summed E-state index contributed by atoms with van der Waals surface area (Å²) in [5.41, 5.74) is 2.09. The van der Waals surface area contributed by atoms with Crippen LogP contribution in [0, 0.1) is 6.92 Å². The first-order valence-corrected chi connectivity index (χ1v) is 16.9. The molecule has 45 heavy (non-hydrogen) atoms. The van der Waals surface area contributed by atoms with Crippen LogP contribution in [-0.4, -0.2) is 43.8 Å². The number of hydrogen-bond acceptors (Lipinski definition) is 4. The van der Waals surface area contributed by atoms with Gasteiger partial charge < -0.3 is 10.2 Å². The standard InChI is InChI=1S/C34H34Cl3N3O4S/c1-23(2)38-34(42)32(19-25-11-6-4-7-12-25)39(21-26-17-18-27(35)20-30(26)37)33(41)22-40(31-16-10-15-29(36)24(31)3)45(43,44)28-13-8-5-9-14-28/h4-18,20,23,32H,19,21-22H2,1-3H3,(H,38,42). The van der Waals surface area contributed by atoms with E-state index in [0.29, 0.717) is 26.2 Å². The van der Waals surface area contributed by atoms with E-state index in [4.69, 9.17) is 34.8 Å². The molecule has 0 aliphatic heterocycles. The molecule has 0 radical (unpaired) electrons. The van der Waals surface area contributed by atoms with Gasteiger partial charge in [0.2, 0.25) is 11.8 Å². The van der Waals surface area contributed by atoms with Gasteiger partial charge in [-0.1, -0.05) is 95.5 Å². The number of nitrogens with one attached hydrogen (secondary N) is 1. The molecule has 1 N–H and O–H groups in total. The van der Waals surface area contributed by atoms with E-state index >= 15 is 0 Å². The van der Waals surface area contributed by atoms with Crippen molar-refractivity contribution < 1.29 is 18.0 Å². The van der Waals surface area contributed by atoms with Crippen LogP contribution in [0.5, 0.6) is 0 Å². The Kier molecular flexibility index (Phi) is 11.6. The lowest BCUT2D eigenvalue weighted by Crippen LogP contribution is -2.54. The molecule has 0 heterocycles. The fourth-order valence-corrected chi connectivity index (χ4v) is 7.00. The molecule has 7 nitrogen and oxygen atoms in total. The molecule has 4 aromatic rings. The van der Waals surface area contributed by atoms with Crippen LogP contribution in [0.15, 0.2) is 102 Å². The molecule has 0 spiro atoms. The van der Waals surface area contributed by atoms with Gasteiger partial charge in [0.15, 0.2) is 0 Å². The van der Waals surface area contributed by atoms with E-state index < -0.39 is 28.5 Å². The summed E-state index contributed by atoms with van der Waals surface area (Å²) in [6.45, 7) is 4.66. The van der Waals surface area contributed by atoms with Crippen LogP contribution in [-0.2, 0) is 32.6 Å². The Bertz CT molecular complexity index is 1750. The molecule has 0 aliphatic carbocycles. The minimum atomic E-state index is -4.25. The zero-order valence-corrected chi connectivity index (χ0v) is 28.2. The first kappa shape index (κ1) is 34.3. The number of nitrogens with zero attached hydrogens (tertiary/aromatic N) is 2. The average Bonchev–Trinajstić information content (AvgIpc) is 3.00. The van der Waals surface area contributed by atoms with Gasteiger partial charge in [-0.25, -0.2) is 8.42 Å². The second-order valence-electron chi connectivity index (χ2n) is 10.8. The smallest absolute Gasteiger partial charge is 0.264 e. The number of halogens is 3. The van der Waals surface area contributed by atoms with Gasteiger partial charge in [-0.2, -0.15) is 0 Å². The Morgan fingerprint density at radius 1 is 0.822 bits per heavy atom. The van der Waals surface area contributed by atoms with E-state index in [1.165, 1.54) is 17.0 Å². The average molecular weight is 687 g/mol. The fraction of sp³-hybridized carbons (Fsp3) is 0.235. The van der Waals surface area contributed by atoms with E-state index in [-0.39, 0.29) is 35.5 Å². The molecule has 0 aliphatic rings. The second kappa shape index (κ2) is 15.1. The number of rotatable bonds is 12. The van der Waals surface area contributed by atoms with Gasteiger partial charge in [0, 0.05) is 34.1 Å². The Balaban J connectivity index is 1.85. The van der Waals surface area contributed by atoms with E-state index in [9.17, 15) is 18.0 Å². The van der Waals surface area contributed by atoms with Crippen molar-refractivity contribution in [3.63, 3.8) is 0 Å². The minimum absolute atomic E-state index is 0.00265. The highest BCUT2D eigenvalue weighted by Gasteiger charge is 2.35. The quantitative estimate of drug-likeness (QED) is 0.169. The topological polar surface area (TPSA) is 86.8 Å². The molecule has 0 saturated heterocycles. The van der Waals surface area contributed by atoms with E-state index in [0.717, 1.165) is 9.87 Å². The maximum Gasteiger partial charge on any atom is 0.264 e. The van der Waals surface area contributed by atoms with Crippen LogP contribution in [0.1, 0.15) is 30.5 Å². The van der Waals surface area contributed by atoms with Crippen molar-refractivity contribution in [1.82, 2.24) is 10.2 Å². The zero-order chi connectivity index (χ0) is 32.7. The van der Waals surface area contributed by atoms with Crippen LogP contribution in [0.4, 0.5) is 5.69 Å². The number of benzene rings is 4. The molecule has 2 amide bonds. The first-order valence-electron chi connectivity index (χ1n) is 14.3. The van der Waals surface area contributed by atoms with Gasteiger partial charge in [0.05, 0.1) is 10.6 Å². The molecule has 236 valence electrons. The Morgan fingerprint density at radius 3 is 2.09 bits per heavy atom. The Labute approximate surface area is 279 Å². The third kappa shape index (κ3) is 8.58. The Morgan fingerprint density at radius 2 is 1.47 bits per heavy atom. The molecule has 4 aromatic carbocycles. The molecule has 1 unspecified atom stereocenters. The summed E-state index contributed by atoms with van der Waals surface area (Å²) < 4.78 is 29.3. The third-order valence-electron chi connectivity index (χ3n) is 7.18. The summed E-state index contributed by atoms with van der Waals surface area (Å²) in [7, 11) is -4.25. The number of carbonyl (C=O) groups excluding carboxylic acids is 2. The minimum Gasteiger partial charge on any atom is -0.352 e. The molecular weight excluding hydrogens is 653 g/mol. The summed E-state index contributed by atoms with van der Waals surface area (Å²) in [5, 5.41) is 3.99. The number of sulfonamides is 1. The molecule has 0 fully saturated rings. The van der Waals surface area contributed by atoms with Crippen LogP contribution in [0.3, 0.4) is 0 Å². The molecular formula is C34H34Cl3N3O4S. The predicted octanol–water partition coefficient (Wildman–Crippen LogP) is 7.32. The SMILES string of the molecule is Cc1c(Cl)cccc1N(CC(=O)N(Cc1ccc(Cl)cc1Cl)C(Cc1ccccc1)C(=O)NC(C)C)S(=O)(=O)c1ccccc1. The van der Waals surface area contributed by atoms with Crippen molar-refractivity contribution in [2.45, 2.75) is 50.7 Å². The van der Waals surface area contributed by atoms with Crippen molar-refractivity contribution in [2.75, 3.05) is 10.8 Å². The fourth-order valence-electron chi connectivity index (χ4n) is 4.87. The third-order valence-corrected chi connectivity index (χ3v) is 9.95. The van der Waals surface area contributed by atoms with Gasteiger partial charge in [-0.15, -0.1) is 0 Å². The summed E-state index contributed by atoms with van der Waals surface area (Å²) in [6.07, 6.45) is 0.179. The second-order valence-corrected chi connectivity index (χ2v) is 13.9. The van der Waals surface area contributed by atoms with Gasteiger partial charge in [-0.3, -0.25) is 13.9 Å². The molecule has 4 rings (SSSR count). The highest BCUT2D eigenvalue weighted by Crippen LogP contribution is 2.32. The van der Waals surface area contributed by atoms with Gasteiger partial charge in [-0.05, 0) is 73.9 Å². The monoisotopic (exact) mass is 685 g/mol. The van der Waals surface area contributed by atoms with Crippen molar-refractivity contribution in [3.8, 4) is 0 Å². The molecule has 1 atom stereocenters. The number of carbonyl (C=O) groups is 2. The van der Waals surface area contributed by atoms with Gasteiger partial charge in [0.1, 0.15) is 12.6 Å². The molecule has 11 heteroatoms. The lowest BCUT2D eigenvalue weighted by atomic mass is 10.0. The lowest BCUT2D eigenvalue weighted by molar-refractivity contribution is -0.140. The van der Waals surface area contributed by atoms with E-state index in [2.05, 4.69) is 5.32 Å². The van der Waals surface area contributed by atoms with Crippen molar-refractivity contribution in [3.05, 3.63) is 129 Å². The zero-order valence-electron chi connectivity index (χ0n) is 25.1. The van der Waals surface area contributed by atoms with E-state index in [1.807, 2.05) is 44.2 Å². The van der Waals surface area contributed by atoms with Crippen molar-refractivity contribution in [1.29, 1.82) is 0 Å². The molecule has 0 bridgehead atoms. The maximum absolute atomic E-state index is 14.5. The lowest BCUT2D eigenvalue weighted by Gasteiger charge is -2.34. The number of amides is 2. The Hall–Kier alpha value is -3.56. The van der Waals surface area contributed by atoms with Crippen LogP contribution in [0.25, 0.3) is 0 Å². The summed E-state index contributed by atoms with van der Waals surface area (Å²) in [4.78, 5) is 29.7. The van der Waals surface area contributed by atoms with Crippen molar-refractivity contribution in [2.24, 2.45) is 0 Å². The highest BCUT2D eigenvalue weighted by molar-refractivity contribution is 7.92. The normalized spacial score (nSPS) is 12.1. The maximum atomic E-state index is 14.5. The van der Waals surface area contributed by atoms with Crippen LogP contribution in [0.2, 0.25) is 15.1 Å². The largest absolute Gasteiger partial charge is 0.352 e. The predicted molar refractivity (Wildman–Crippen MR) is 181 cm³/mol. The summed E-state index contributed by atoms with van der Waals surface area (Å²) in [5.74, 6) is -0.997. The highest BCUT2D eigenvalue weighted by atomic mass is 35.5. The number of hydrogen-bond donors (Lipinski definition) is 1. The van der Waals surface area contributed by atoms with Gasteiger partial charge in [0.25, 0.3) is 10.0 Å². The molecule has 0 aromatic heterocycles. The van der Waals surface area contributed by atoms with Crippen LogP contribution < -0.4 is 9.62 Å². The summed E-state index contributed by atoms with van der Waals surface area (Å²) >= 11 is 19.1. The summed E-state index contributed by atoms with van der Waals surface area (Å²) in [6, 6.07) is 25.7. The van der Waals surface area contributed by atoms with Crippen molar-refractivity contribution >= 4 is 62.3 Å². The first-order chi connectivity index (χ1) is 21.4.